The Bertz CT molecular complexity index is 1330. The highest BCUT2D eigenvalue weighted by atomic mass is 16.5. The van der Waals surface area contributed by atoms with Crippen LogP contribution < -0.4 is 24.4 Å². The van der Waals surface area contributed by atoms with Gasteiger partial charge in [-0.05, 0) is 58.3 Å². The summed E-state index contributed by atoms with van der Waals surface area (Å²) in [6, 6.07) is 7.88. The summed E-state index contributed by atoms with van der Waals surface area (Å²) in [5, 5.41) is 0.379. The lowest BCUT2D eigenvalue weighted by atomic mass is 9.96. The zero-order valence-corrected chi connectivity index (χ0v) is 21.5. The summed E-state index contributed by atoms with van der Waals surface area (Å²) < 4.78 is 28.4. The van der Waals surface area contributed by atoms with Gasteiger partial charge in [0.2, 0.25) is 11.5 Å². The first-order valence-electron chi connectivity index (χ1n) is 11.8. The molecular weight excluding hydrogens is 464 g/mol. The first kappa shape index (κ1) is 25.4. The largest absolute Gasteiger partial charge is 0.494 e. The van der Waals surface area contributed by atoms with Gasteiger partial charge in [0.25, 0.3) is 5.91 Å². The minimum Gasteiger partial charge on any atom is -0.494 e. The SMILES string of the molecule is CCOc1ccc2c(=O)c3c(oc2c1)C(=O)N(CCCN(C)C)C3c1ccc(OC)c(OC)c1OC. The molecule has 0 saturated carbocycles. The molecule has 1 aliphatic heterocycles. The maximum atomic E-state index is 13.8. The van der Waals surface area contributed by atoms with Gasteiger partial charge in [-0.1, -0.05) is 0 Å². The topological polar surface area (TPSA) is 90.7 Å². The van der Waals surface area contributed by atoms with Crippen molar-refractivity contribution in [3.63, 3.8) is 0 Å². The van der Waals surface area contributed by atoms with E-state index in [1.54, 1.807) is 35.2 Å². The number of methoxy groups -OCH3 is 3. The lowest BCUT2D eigenvalue weighted by Gasteiger charge is -2.27. The molecule has 0 radical (unpaired) electrons. The van der Waals surface area contributed by atoms with Gasteiger partial charge in [0.15, 0.2) is 16.9 Å². The molecule has 1 aromatic heterocycles. The minimum atomic E-state index is -0.711. The smallest absolute Gasteiger partial charge is 0.290 e. The Hall–Kier alpha value is -3.72. The molecule has 1 atom stereocenters. The zero-order chi connectivity index (χ0) is 26.0. The molecule has 1 aliphatic rings. The molecule has 2 heterocycles. The summed E-state index contributed by atoms with van der Waals surface area (Å²) in [6.45, 7) is 3.54. The van der Waals surface area contributed by atoms with Crippen LogP contribution in [0.15, 0.2) is 39.5 Å². The number of nitrogens with zero attached hydrogens (tertiary/aromatic N) is 2. The van der Waals surface area contributed by atoms with Crippen LogP contribution in [0.2, 0.25) is 0 Å². The van der Waals surface area contributed by atoms with Crippen molar-refractivity contribution < 1.29 is 28.2 Å². The first-order chi connectivity index (χ1) is 17.4. The summed E-state index contributed by atoms with van der Waals surface area (Å²) in [4.78, 5) is 31.3. The van der Waals surface area contributed by atoms with Crippen molar-refractivity contribution in [3.05, 3.63) is 57.4 Å². The molecule has 4 rings (SSSR count). The average molecular weight is 497 g/mol. The fourth-order valence-corrected chi connectivity index (χ4v) is 4.71. The molecule has 9 nitrogen and oxygen atoms in total. The molecule has 3 aromatic rings. The molecule has 1 unspecified atom stereocenters. The van der Waals surface area contributed by atoms with E-state index in [9.17, 15) is 9.59 Å². The average Bonchev–Trinajstić information content (AvgIpc) is 3.14. The number of ether oxygens (including phenoxy) is 4. The van der Waals surface area contributed by atoms with E-state index in [1.807, 2.05) is 25.9 Å². The molecule has 0 N–H and O–H groups in total. The molecule has 0 aliphatic carbocycles. The second-order valence-corrected chi connectivity index (χ2v) is 8.75. The van der Waals surface area contributed by atoms with Crippen molar-refractivity contribution in [2.45, 2.75) is 19.4 Å². The maximum Gasteiger partial charge on any atom is 0.290 e. The van der Waals surface area contributed by atoms with E-state index in [2.05, 4.69) is 0 Å². The van der Waals surface area contributed by atoms with E-state index in [1.165, 1.54) is 21.3 Å². The van der Waals surface area contributed by atoms with Gasteiger partial charge >= 0.3 is 0 Å². The van der Waals surface area contributed by atoms with E-state index >= 15 is 0 Å². The molecule has 36 heavy (non-hydrogen) atoms. The highest BCUT2D eigenvalue weighted by Gasteiger charge is 2.44. The van der Waals surface area contributed by atoms with Crippen LogP contribution in [0.25, 0.3) is 11.0 Å². The molecule has 0 spiro atoms. The fourth-order valence-electron chi connectivity index (χ4n) is 4.71. The summed E-state index contributed by atoms with van der Waals surface area (Å²) in [5.41, 5.74) is 0.947. The number of hydrogen-bond donors (Lipinski definition) is 0. The molecule has 0 bridgehead atoms. The van der Waals surface area contributed by atoms with Crippen LogP contribution in [-0.4, -0.2) is 70.8 Å². The predicted molar refractivity (Wildman–Crippen MR) is 136 cm³/mol. The maximum absolute atomic E-state index is 13.8. The highest BCUT2D eigenvalue weighted by Crippen LogP contribution is 2.47. The van der Waals surface area contributed by atoms with Crippen molar-refractivity contribution in [2.24, 2.45) is 0 Å². The van der Waals surface area contributed by atoms with Gasteiger partial charge in [0.1, 0.15) is 11.3 Å². The highest BCUT2D eigenvalue weighted by molar-refractivity contribution is 5.99. The Morgan fingerprint density at radius 2 is 1.75 bits per heavy atom. The molecule has 1 amide bonds. The van der Waals surface area contributed by atoms with Crippen LogP contribution in [0.5, 0.6) is 23.0 Å². The zero-order valence-electron chi connectivity index (χ0n) is 21.5. The Labute approximate surface area is 210 Å². The Balaban J connectivity index is 1.95. The third kappa shape index (κ3) is 4.35. The van der Waals surface area contributed by atoms with Crippen molar-refractivity contribution in [1.82, 2.24) is 9.80 Å². The van der Waals surface area contributed by atoms with Crippen molar-refractivity contribution >= 4 is 16.9 Å². The van der Waals surface area contributed by atoms with Crippen LogP contribution in [0.3, 0.4) is 0 Å². The van der Waals surface area contributed by atoms with Crippen LogP contribution >= 0.6 is 0 Å². The third-order valence-electron chi connectivity index (χ3n) is 6.28. The summed E-state index contributed by atoms with van der Waals surface area (Å²) in [6.07, 6.45) is 0.709. The Morgan fingerprint density at radius 3 is 2.39 bits per heavy atom. The summed E-state index contributed by atoms with van der Waals surface area (Å²) in [5.74, 6) is 1.53. The number of hydrogen-bond acceptors (Lipinski definition) is 8. The molecule has 0 fully saturated rings. The molecule has 192 valence electrons. The molecule has 9 heteroatoms. The van der Waals surface area contributed by atoms with Gasteiger partial charge in [0.05, 0.1) is 44.9 Å². The van der Waals surface area contributed by atoms with E-state index in [0.717, 1.165) is 6.54 Å². The minimum absolute atomic E-state index is 0.0350. The van der Waals surface area contributed by atoms with Crippen molar-refractivity contribution in [2.75, 3.05) is 55.1 Å². The Morgan fingerprint density at radius 1 is 1.00 bits per heavy atom. The van der Waals surface area contributed by atoms with Crippen molar-refractivity contribution in [1.29, 1.82) is 0 Å². The first-order valence-corrected chi connectivity index (χ1v) is 11.8. The molecule has 2 aromatic carbocycles. The predicted octanol–water partition coefficient (Wildman–Crippen LogP) is 3.71. The van der Waals surface area contributed by atoms with Crippen LogP contribution in [0.1, 0.15) is 41.1 Å². The van der Waals surface area contributed by atoms with Gasteiger partial charge in [-0.2, -0.15) is 0 Å². The van der Waals surface area contributed by atoms with Crippen LogP contribution in [0, 0.1) is 0 Å². The quantitative estimate of drug-likeness (QED) is 0.420. The number of benzene rings is 2. The van der Waals surface area contributed by atoms with Crippen LogP contribution in [-0.2, 0) is 0 Å². The third-order valence-corrected chi connectivity index (χ3v) is 6.28. The Kier molecular flexibility index (Phi) is 7.40. The van der Waals surface area contributed by atoms with Gasteiger partial charge in [-0.25, -0.2) is 0 Å². The standard InChI is InChI=1S/C27H32N2O7/c1-7-35-16-9-10-17-20(15-16)36-26-21(23(17)30)22(29(27(26)31)14-8-13-28(2)3)18-11-12-19(32-4)25(34-6)24(18)33-5/h9-12,15,22H,7-8,13-14H2,1-6H3. The second kappa shape index (κ2) is 10.5. The normalized spacial score (nSPS) is 14.9. The van der Waals surface area contributed by atoms with E-state index < -0.39 is 6.04 Å². The lowest BCUT2D eigenvalue weighted by molar-refractivity contribution is 0.0720. The summed E-state index contributed by atoms with van der Waals surface area (Å²) in [7, 11) is 8.53. The lowest BCUT2D eigenvalue weighted by Crippen LogP contribution is -2.32. The number of amides is 1. The number of rotatable bonds is 10. The number of carbonyl (C=O) groups is 1. The molecule has 0 saturated heterocycles. The van der Waals surface area contributed by atoms with Gasteiger partial charge < -0.3 is 33.2 Å². The molecular formula is C27H32N2O7. The van der Waals surface area contributed by atoms with Gasteiger partial charge in [0, 0.05) is 18.2 Å². The van der Waals surface area contributed by atoms with Gasteiger partial charge in [-0.3, -0.25) is 9.59 Å². The van der Waals surface area contributed by atoms with Gasteiger partial charge in [-0.15, -0.1) is 0 Å². The second-order valence-electron chi connectivity index (χ2n) is 8.75. The fraction of sp³-hybridized carbons (Fsp3) is 0.407. The van der Waals surface area contributed by atoms with Crippen molar-refractivity contribution in [3.8, 4) is 23.0 Å². The monoisotopic (exact) mass is 496 g/mol. The summed E-state index contributed by atoms with van der Waals surface area (Å²) >= 11 is 0. The number of carbonyl (C=O) groups excluding carboxylic acids is 1. The van der Waals surface area contributed by atoms with E-state index in [0.29, 0.717) is 59.1 Å². The number of fused-ring (bicyclic) bond motifs is 2. The van der Waals surface area contributed by atoms with E-state index in [4.69, 9.17) is 23.4 Å². The van der Waals surface area contributed by atoms with E-state index in [-0.39, 0.29) is 22.7 Å². The van der Waals surface area contributed by atoms with Crippen LogP contribution in [0.4, 0.5) is 0 Å².